The molecule has 1 atom stereocenters. The van der Waals surface area contributed by atoms with Crippen LogP contribution >= 0.6 is 27.3 Å². The zero-order valence-corrected chi connectivity index (χ0v) is 23.6. The molecule has 1 aliphatic rings. The number of rotatable bonds is 7. The summed E-state index contributed by atoms with van der Waals surface area (Å²) < 4.78 is 15.7. The lowest BCUT2D eigenvalue weighted by atomic mass is 9.96. The molecule has 194 valence electrons. The number of hydrogen-bond donors (Lipinski definition) is 0. The third-order valence-electron chi connectivity index (χ3n) is 6.44. The van der Waals surface area contributed by atoms with Crippen LogP contribution in [0.25, 0.3) is 17.0 Å². The van der Waals surface area contributed by atoms with Gasteiger partial charge in [-0.3, -0.25) is 9.36 Å². The molecule has 0 saturated carbocycles. The summed E-state index contributed by atoms with van der Waals surface area (Å²) in [6, 6.07) is 12.9. The maximum atomic E-state index is 14.0. The van der Waals surface area contributed by atoms with E-state index >= 15 is 0 Å². The molecule has 5 rings (SSSR count). The Balaban J connectivity index is 1.74. The number of allylic oxidation sites excluding steroid dienone is 2. The first kappa shape index (κ1) is 25.9. The lowest BCUT2D eigenvalue weighted by Gasteiger charge is -2.25. The van der Waals surface area contributed by atoms with Gasteiger partial charge in [0.15, 0.2) is 4.80 Å². The molecule has 0 unspecified atom stereocenters. The summed E-state index contributed by atoms with van der Waals surface area (Å²) >= 11 is 4.85. The number of halogens is 1. The summed E-state index contributed by atoms with van der Waals surface area (Å²) in [6.07, 6.45) is 5.77. The Bertz CT molecular complexity index is 1790. The summed E-state index contributed by atoms with van der Waals surface area (Å²) in [7, 11) is 1.59. The maximum absolute atomic E-state index is 14.0. The van der Waals surface area contributed by atoms with E-state index in [0.29, 0.717) is 37.4 Å². The minimum Gasteiger partial charge on any atom is -0.496 e. The molecule has 0 saturated heterocycles. The van der Waals surface area contributed by atoms with Gasteiger partial charge in [-0.25, -0.2) is 9.79 Å². The van der Waals surface area contributed by atoms with Crippen molar-refractivity contribution in [3.63, 3.8) is 0 Å². The molecule has 0 fully saturated rings. The monoisotopic (exact) mass is 591 g/mol. The molecule has 7 nitrogen and oxygen atoms in total. The topological polar surface area (TPSA) is 74.8 Å². The number of para-hydroxylation sites is 1. The largest absolute Gasteiger partial charge is 0.496 e. The number of thiazole rings is 1. The second kappa shape index (κ2) is 10.6. The van der Waals surface area contributed by atoms with E-state index in [1.54, 1.807) is 25.5 Å². The second-order valence-electron chi connectivity index (χ2n) is 8.74. The van der Waals surface area contributed by atoms with E-state index in [9.17, 15) is 9.59 Å². The van der Waals surface area contributed by atoms with Crippen molar-refractivity contribution >= 4 is 50.2 Å². The zero-order valence-electron chi connectivity index (χ0n) is 21.2. The number of benzene rings is 2. The van der Waals surface area contributed by atoms with E-state index < -0.39 is 12.0 Å². The smallest absolute Gasteiger partial charge is 0.338 e. The van der Waals surface area contributed by atoms with E-state index in [1.165, 1.54) is 11.3 Å². The predicted molar refractivity (Wildman–Crippen MR) is 153 cm³/mol. The van der Waals surface area contributed by atoms with E-state index in [1.807, 2.05) is 60.8 Å². The molecular weight excluding hydrogens is 566 g/mol. The first-order chi connectivity index (χ1) is 18.4. The number of nitrogens with zero attached hydrogens (tertiary/aromatic N) is 3. The number of fused-ring (bicyclic) bond motifs is 2. The molecule has 3 heterocycles. The summed E-state index contributed by atoms with van der Waals surface area (Å²) in [5.41, 5.74) is 3.37. The Hall–Kier alpha value is -3.69. The fourth-order valence-electron chi connectivity index (χ4n) is 4.78. The molecule has 0 spiro atoms. The molecule has 0 bridgehead atoms. The minimum atomic E-state index is -0.697. The molecule has 0 aliphatic carbocycles. The van der Waals surface area contributed by atoms with Gasteiger partial charge in [-0.2, -0.15) is 0 Å². The number of aromatic nitrogens is 2. The summed E-state index contributed by atoms with van der Waals surface area (Å²) in [5, 5.41) is 1.04. The van der Waals surface area contributed by atoms with Gasteiger partial charge in [0.2, 0.25) is 0 Å². The number of methoxy groups -OCH3 is 1. The number of hydrogen-bond acceptors (Lipinski definition) is 6. The average Bonchev–Trinajstić information content (AvgIpc) is 3.40. The Kier molecular flexibility index (Phi) is 7.23. The molecule has 38 heavy (non-hydrogen) atoms. The standard InChI is InChI=1S/C29H26BrN3O4S/c1-5-13-32-16-19(20-9-7-8-10-22(20)32)15-24-27(34)33-26(18-11-12-23(36-4)21(30)14-18)25(28(35)37-6-2)17(3)31-29(33)38-24/h5,7-12,14-16,26H,1,6,13H2,2-4H3/b24-15+/t26-/m1/s1. The van der Waals surface area contributed by atoms with Crippen LogP contribution in [0.4, 0.5) is 0 Å². The summed E-state index contributed by atoms with van der Waals surface area (Å²) in [6.45, 7) is 8.26. The Morgan fingerprint density at radius 3 is 2.76 bits per heavy atom. The first-order valence-electron chi connectivity index (χ1n) is 12.1. The highest BCUT2D eigenvalue weighted by Crippen LogP contribution is 2.35. The fraction of sp³-hybridized carbons (Fsp3) is 0.207. The van der Waals surface area contributed by atoms with Gasteiger partial charge in [-0.1, -0.05) is 41.7 Å². The van der Waals surface area contributed by atoms with Crippen molar-refractivity contribution in [3.05, 3.63) is 108 Å². The molecule has 4 aromatic rings. The van der Waals surface area contributed by atoms with Crippen molar-refractivity contribution < 1.29 is 14.3 Å². The molecule has 2 aromatic carbocycles. The first-order valence-corrected chi connectivity index (χ1v) is 13.7. The molecule has 0 amide bonds. The maximum Gasteiger partial charge on any atom is 0.338 e. The molecule has 0 N–H and O–H groups in total. The van der Waals surface area contributed by atoms with Crippen LogP contribution in [0.1, 0.15) is 31.0 Å². The van der Waals surface area contributed by atoms with Crippen molar-refractivity contribution in [2.45, 2.75) is 26.4 Å². The second-order valence-corrected chi connectivity index (χ2v) is 10.6. The van der Waals surface area contributed by atoms with Gasteiger partial charge < -0.3 is 14.0 Å². The summed E-state index contributed by atoms with van der Waals surface area (Å²) in [4.78, 5) is 32.3. The van der Waals surface area contributed by atoms with Crippen molar-refractivity contribution in [3.8, 4) is 5.75 Å². The van der Waals surface area contributed by atoms with Crippen molar-refractivity contribution in [1.82, 2.24) is 9.13 Å². The highest BCUT2D eigenvalue weighted by molar-refractivity contribution is 9.10. The quantitative estimate of drug-likeness (QED) is 0.230. The number of ether oxygens (including phenoxy) is 2. The minimum absolute atomic E-state index is 0.216. The van der Waals surface area contributed by atoms with Crippen LogP contribution < -0.4 is 19.6 Å². The van der Waals surface area contributed by atoms with Crippen LogP contribution in [-0.4, -0.2) is 28.8 Å². The number of carbonyl (C=O) groups excluding carboxylic acids is 1. The third kappa shape index (κ3) is 4.46. The van der Waals surface area contributed by atoms with E-state index in [2.05, 4.69) is 32.1 Å². The Labute approximate surface area is 231 Å². The van der Waals surface area contributed by atoms with Crippen molar-refractivity contribution in [2.75, 3.05) is 13.7 Å². The predicted octanol–water partition coefficient (Wildman–Crippen LogP) is 4.71. The van der Waals surface area contributed by atoms with Gasteiger partial charge >= 0.3 is 5.97 Å². The van der Waals surface area contributed by atoms with Crippen LogP contribution in [0.3, 0.4) is 0 Å². The van der Waals surface area contributed by atoms with Gasteiger partial charge in [-0.15, -0.1) is 6.58 Å². The van der Waals surface area contributed by atoms with Crippen LogP contribution in [0, 0.1) is 0 Å². The van der Waals surface area contributed by atoms with Gasteiger partial charge in [-0.05, 0) is 59.6 Å². The fourth-order valence-corrected chi connectivity index (χ4v) is 6.38. The highest BCUT2D eigenvalue weighted by Gasteiger charge is 2.33. The third-order valence-corrected chi connectivity index (χ3v) is 8.04. The van der Waals surface area contributed by atoms with Crippen LogP contribution in [0.5, 0.6) is 5.75 Å². The van der Waals surface area contributed by atoms with Crippen molar-refractivity contribution in [1.29, 1.82) is 0 Å². The lowest BCUT2D eigenvalue weighted by molar-refractivity contribution is -0.139. The molecule has 1 aliphatic heterocycles. The van der Waals surface area contributed by atoms with E-state index in [0.717, 1.165) is 22.0 Å². The number of esters is 1. The normalized spacial score (nSPS) is 15.4. The molecular formula is C29H26BrN3O4S. The van der Waals surface area contributed by atoms with E-state index in [4.69, 9.17) is 9.47 Å². The van der Waals surface area contributed by atoms with Crippen LogP contribution in [0.15, 0.2) is 86.8 Å². The lowest BCUT2D eigenvalue weighted by Crippen LogP contribution is -2.39. The van der Waals surface area contributed by atoms with Crippen LogP contribution in [-0.2, 0) is 16.1 Å². The van der Waals surface area contributed by atoms with Gasteiger partial charge in [0.05, 0.1) is 40.0 Å². The van der Waals surface area contributed by atoms with Gasteiger partial charge in [0.25, 0.3) is 5.56 Å². The van der Waals surface area contributed by atoms with Gasteiger partial charge in [0, 0.05) is 29.2 Å². The van der Waals surface area contributed by atoms with Crippen molar-refractivity contribution in [2.24, 2.45) is 4.99 Å². The Morgan fingerprint density at radius 2 is 2.05 bits per heavy atom. The molecule has 2 aromatic heterocycles. The summed E-state index contributed by atoms with van der Waals surface area (Å²) in [5.74, 6) is 0.155. The zero-order chi connectivity index (χ0) is 27.0. The van der Waals surface area contributed by atoms with E-state index in [-0.39, 0.29) is 12.2 Å². The Morgan fingerprint density at radius 1 is 1.26 bits per heavy atom. The SMILES string of the molecule is C=CCn1cc(/C=c2/sc3n(c2=O)[C@H](c2ccc(OC)c(Br)c2)C(C(=O)OCC)=C(C)N=3)c2ccccc21. The molecule has 0 radical (unpaired) electrons. The number of carbonyl (C=O) groups is 1. The highest BCUT2D eigenvalue weighted by atomic mass is 79.9. The average molecular weight is 593 g/mol. The molecule has 9 heteroatoms. The van der Waals surface area contributed by atoms with Crippen LogP contribution in [0.2, 0.25) is 0 Å². The van der Waals surface area contributed by atoms with Gasteiger partial charge in [0.1, 0.15) is 5.75 Å².